The highest BCUT2D eigenvalue weighted by molar-refractivity contribution is 5.16. The second-order valence-corrected chi connectivity index (χ2v) is 1.80. The topological polar surface area (TPSA) is 69.2 Å². The largest absolute Gasteiger partial charge is 0.393 e. The Morgan fingerprint density at radius 2 is 2.20 bits per heavy atom. The molecule has 0 aliphatic heterocycles. The van der Waals surface area contributed by atoms with Crippen molar-refractivity contribution in [1.82, 2.24) is 0 Å². The maximum absolute atomic E-state index is 10.0. The molecular weight excluding hydrogens is 132 g/mol. The molecule has 0 aromatic rings. The van der Waals surface area contributed by atoms with Gasteiger partial charge in [0.05, 0.1) is 4.92 Å². The lowest BCUT2D eigenvalue weighted by atomic mass is 10.3. The van der Waals surface area contributed by atoms with Gasteiger partial charge in [0, 0.05) is 6.92 Å². The lowest BCUT2D eigenvalue weighted by molar-refractivity contribution is -0.425. The van der Waals surface area contributed by atoms with Gasteiger partial charge in [-0.05, 0) is 13.0 Å². The second kappa shape index (κ2) is 3.66. The smallest absolute Gasteiger partial charge is 0.265 e. The summed E-state index contributed by atoms with van der Waals surface area (Å²) in [7, 11) is 0. The summed E-state index contributed by atoms with van der Waals surface area (Å²) in [6.45, 7) is 3.12. The van der Waals surface area contributed by atoms with Gasteiger partial charge in [0.1, 0.15) is 5.70 Å². The van der Waals surface area contributed by atoms with E-state index in [1.165, 1.54) is 13.0 Å². The van der Waals surface area contributed by atoms with Crippen molar-refractivity contribution in [2.24, 2.45) is 5.73 Å². The summed E-state index contributed by atoms with van der Waals surface area (Å²) in [6, 6.07) is 0. The summed E-state index contributed by atoms with van der Waals surface area (Å²) in [6.07, 6.45) is 3.15. The van der Waals surface area contributed by atoms with Crippen molar-refractivity contribution in [1.29, 1.82) is 0 Å². The maximum atomic E-state index is 10.0. The van der Waals surface area contributed by atoms with Crippen molar-refractivity contribution < 1.29 is 4.92 Å². The number of hydrogen-bond donors (Lipinski definition) is 1. The summed E-state index contributed by atoms with van der Waals surface area (Å²) in [5.41, 5.74) is 5.47. The normalized spacial score (nSPS) is 13.4. The Morgan fingerprint density at radius 1 is 1.70 bits per heavy atom. The van der Waals surface area contributed by atoms with E-state index in [2.05, 4.69) is 0 Å². The summed E-state index contributed by atoms with van der Waals surface area (Å²) in [5, 5.41) is 10.0. The van der Waals surface area contributed by atoms with Crippen LogP contribution in [0.25, 0.3) is 0 Å². The van der Waals surface area contributed by atoms with Crippen molar-refractivity contribution in [2.75, 3.05) is 0 Å². The molecule has 0 amide bonds. The highest BCUT2D eigenvalue weighted by Crippen LogP contribution is 1.98. The SMILES string of the molecule is C/C=C\C(N)=C(/C)[N+](=O)[O-]. The molecule has 0 saturated heterocycles. The van der Waals surface area contributed by atoms with E-state index in [-0.39, 0.29) is 11.4 Å². The fraction of sp³-hybridized carbons (Fsp3) is 0.333. The van der Waals surface area contributed by atoms with Gasteiger partial charge in [0.25, 0.3) is 5.70 Å². The quantitative estimate of drug-likeness (QED) is 0.355. The van der Waals surface area contributed by atoms with E-state index in [1.54, 1.807) is 13.0 Å². The number of rotatable bonds is 2. The van der Waals surface area contributed by atoms with Gasteiger partial charge in [-0.2, -0.15) is 0 Å². The third-order valence-corrected chi connectivity index (χ3v) is 1.04. The first kappa shape index (κ1) is 8.68. The van der Waals surface area contributed by atoms with Crippen LogP contribution in [0.4, 0.5) is 0 Å². The molecule has 0 aliphatic rings. The van der Waals surface area contributed by atoms with Gasteiger partial charge in [-0.3, -0.25) is 10.1 Å². The Hall–Kier alpha value is -1.32. The van der Waals surface area contributed by atoms with Crippen LogP contribution in [0.15, 0.2) is 23.5 Å². The fourth-order valence-corrected chi connectivity index (χ4v) is 0.406. The summed E-state index contributed by atoms with van der Waals surface area (Å²) in [5.74, 6) is 0. The Morgan fingerprint density at radius 3 is 2.50 bits per heavy atom. The van der Waals surface area contributed by atoms with Crippen LogP contribution in [0.1, 0.15) is 13.8 Å². The van der Waals surface area contributed by atoms with Crippen molar-refractivity contribution in [3.8, 4) is 0 Å². The molecule has 4 heteroatoms. The summed E-state index contributed by atoms with van der Waals surface area (Å²) in [4.78, 5) is 9.54. The van der Waals surface area contributed by atoms with Crippen LogP contribution in [0.3, 0.4) is 0 Å². The third kappa shape index (κ3) is 2.30. The van der Waals surface area contributed by atoms with Gasteiger partial charge in [-0.15, -0.1) is 0 Å². The van der Waals surface area contributed by atoms with E-state index in [0.717, 1.165) is 0 Å². The molecule has 2 N–H and O–H groups in total. The zero-order valence-corrected chi connectivity index (χ0v) is 6.00. The van der Waals surface area contributed by atoms with Gasteiger partial charge < -0.3 is 5.73 Å². The molecule has 0 spiro atoms. The molecule has 0 bridgehead atoms. The van der Waals surface area contributed by atoms with Gasteiger partial charge in [0.15, 0.2) is 0 Å². The molecule has 0 aromatic heterocycles. The molecule has 0 radical (unpaired) electrons. The minimum Gasteiger partial charge on any atom is -0.393 e. The van der Waals surface area contributed by atoms with Crippen LogP contribution >= 0.6 is 0 Å². The monoisotopic (exact) mass is 142 g/mol. The van der Waals surface area contributed by atoms with Gasteiger partial charge in [-0.25, -0.2) is 0 Å². The molecule has 0 heterocycles. The van der Waals surface area contributed by atoms with E-state index in [1.807, 2.05) is 0 Å². The molecule has 56 valence electrons. The average Bonchev–Trinajstić information content (AvgIpc) is 1.87. The standard InChI is InChI=1S/C6H10N2O2/c1-3-4-6(7)5(2)8(9)10/h3-4H,7H2,1-2H3/b4-3-,6-5-. The van der Waals surface area contributed by atoms with Crippen molar-refractivity contribution in [3.05, 3.63) is 33.7 Å². The van der Waals surface area contributed by atoms with Crippen LogP contribution in [0.2, 0.25) is 0 Å². The molecule has 10 heavy (non-hydrogen) atoms. The predicted octanol–water partition coefficient (Wildman–Crippen LogP) is 1.03. The first-order chi connectivity index (χ1) is 4.59. The van der Waals surface area contributed by atoms with Crippen molar-refractivity contribution >= 4 is 0 Å². The summed E-state index contributed by atoms with van der Waals surface area (Å²) >= 11 is 0. The highest BCUT2D eigenvalue weighted by Gasteiger charge is 2.04. The molecule has 0 aliphatic carbocycles. The molecule has 0 rings (SSSR count). The van der Waals surface area contributed by atoms with Gasteiger partial charge >= 0.3 is 0 Å². The lowest BCUT2D eigenvalue weighted by Gasteiger charge is -1.91. The predicted molar refractivity (Wildman–Crippen MR) is 38.7 cm³/mol. The Balaban J connectivity index is 4.50. The molecule has 0 fully saturated rings. The Labute approximate surface area is 59.2 Å². The number of nitrogens with zero attached hydrogens (tertiary/aromatic N) is 1. The van der Waals surface area contributed by atoms with Crippen LogP contribution in [-0.2, 0) is 0 Å². The van der Waals surface area contributed by atoms with Crippen LogP contribution in [0.5, 0.6) is 0 Å². The van der Waals surface area contributed by atoms with E-state index < -0.39 is 4.92 Å². The highest BCUT2D eigenvalue weighted by atomic mass is 16.6. The van der Waals surface area contributed by atoms with E-state index >= 15 is 0 Å². The Bertz CT molecular complexity index is 194. The number of nitro groups is 1. The lowest BCUT2D eigenvalue weighted by Crippen LogP contribution is -2.04. The van der Waals surface area contributed by atoms with Gasteiger partial charge in [-0.1, -0.05) is 6.08 Å². The average molecular weight is 142 g/mol. The number of allylic oxidation sites excluding steroid dienone is 3. The van der Waals surface area contributed by atoms with Crippen molar-refractivity contribution in [3.63, 3.8) is 0 Å². The minimum absolute atomic E-state index is 0.0156. The molecule has 0 unspecified atom stereocenters. The fourth-order valence-electron chi connectivity index (χ4n) is 0.406. The number of nitrogens with two attached hydrogens (primary N) is 1. The maximum Gasteiger partial charge on any atom is 0.265 e. The van der Waals surface area contributed by atoms with E-state index in [0.29, 0.717) is 0 Å². The first-order valence-electron chi connectivity index (χ1n) is 2.83. The first-order valence-corrected chi connectivity index (χ1v) is 2.83. The summed E-state index contributed by atoms with van der Waals surface area (Å²) < 4.78 is 0. The van der Waals surface area contributed by atoms with E-state index in [4.69, 9.17) is 5.73 Å². The molecule has 0 atom stereocenters. The van der Waals surface area contributed by atoms with Crippen LogP contribution in [0, 0.1) is 10.1 Å². The second-order valence-electron chi connectivity index (χ2n) is 1.80. The zero-order valence-electron chi connectivity index (χ0n) is 6.00. The zero-order chi connectivity index (χ0) is 8.15. The van der Waals surface area contributed by atoms with Crippen LogP contribution < -0.4 is 5.73 Å². The van der Waals surface area contributed by atoms with Crippen LogP contribution in [-0.4, -0.2) is 4.92 Å². The molecule has 0 aromatic carbocycles. The molecule has 4 nitrogen and oxygen atoms in total. The number of hydrogen-bond acceptors (Lipinski definition) is 3. The van der Waals surface area contributed by atoms with Gasteiger partial charge in [0.2, 0.25) is 0 Å². The molecular formula is C6H10N2O2. The Kier molecular flexibility index (Phi) is 3.17. The van der Waals surface area contributed by atoms with E-state index in [9.17, 15) is 10.1 Å². The minimum atomic E-state index is -0.505. The van der Waals surface area contributed by atoms with Crippen molar-refractivity contribution in [2.45, 2.75) is 13.8 Å². The third-order valence-electron chi connectivity index (χ3n) is 1.04. The molecule has 0 saturated carbocycles.